The Morgan fingerprint density at radius 3 is 2.76 bits per heavy atom. The topological polar surface area (TPSA) is 21.3 Å². The molecule has 118 valence electrons. The maximum atomic E-state index is 13.2. The fourth-order valence-electron chi connectivity index (χ4n) is 2.86. The van der Waals surface area contributed by atoms with Crippen molar-refractivity contribution in [3.05, 3.63) is 35.4 Å². The number of nitrogens with one attached hydrogen (secondary N) is 1. The second kappa shape index (κ2) is 7.27. The summed E-state index contributed by atoms with van der Waals surface area (Å²) in [6, 6.07) is 5.77. The molecule has 1 aliphatic heterocycles. The van der Waals surface area contributed by atoms with Gasteiger partial charge in [0.2, 0.25) is 0 Å². The van der Waals surface area contributed by atoms with E-state index in [9.17, 15) is 13.2 Å². The van der Waals surface area contributed by atoms with E-state index in [0.717, 1.165) is 31.9 Å². The van der Waals surface area contributed by atoms with Crippen LogP contribution in [0.3, 0.4) is 0 Å². The van der Waals surface area contributed by atoms with Gasteiger partial charge in [-0.15, -0.1) is 0 Å². The van der Waals surface area contributed by atoms with Gasteiger partial charge in [0.05, 0.1) is 11.7 Å². The van der Waals surface area contributed by atoms with Gasteiger partial charge in [-0.3, -0.25) is 0 Å². The average molecular weight is 301 g/mol. The molecule has 0 saturated carbocycles. The predicted molar refractivity (Wildman–Crippen MR) is 76.0 cm³/mol. The lowest BCUT2D eigenvalue weighted by atomic mass is 9.87. The van der Waals surface area contributed by atoms with Crippen molar-refractivity contribution in [1.29, 1.82) is 0 Å². The van der Waals surface area contributed by atoms with Gasteiger partial charge in [-0.2, -0.15) is 13.2 Å². The van der Waals surface area contributed by atoms with Crippen LogP contribution in [-0.4, -0.2) is 19.7 Å². The van der Waals surface area contributed by atoms with Gasteiger partial charge in [0.25, 0.3) is 0 Å². The Kier molecular flexibility index (Phi) is 5.65. The third-order valence-electron chi connectivity index (χ3n) is 3.85. The SMILES string of the molecule is CCCNCC1CCCOC1c1ccccc1C(F)(F)F. The second-order valence-electron chi connectivity index (χ2n) is 5.48. The summed E-state index contributed by atoms with van der Waals surface area (Å²) in [5.74, 6) is 0.0915. The Balaban J connectivity index is 2.21. The first-order chi connectivity index (χ1) is 10.0. The summed E-state index contributed by atoms with van der Waals surface area (Å²) in [5.41, 5.74) is -0.301. The summed E-state index contributed by atoms with van der Waals surface area (Å²) in [5, 5.41) is 3.30. The van der Waals surface area contributed by atoms with Crippen molar-refractivity contribution in [1.82, 2.24) is 5.32 Å². The molecular formula is C16H22F3NO. The van der Waals surface area contributed by atoms with Crippen LogP contribution in [-0.2, 0) is 10.9 Å². The van der Waals surface area contributed by atoms with Crippen LogP contribution in [0.2, 0.25) is 0 Å². The summed E-state index contributed by atoms with van der Waals surface area (Å²) >= 11 is 0. The van der Waals surface area contributed by atoms with Gasteiger partial charge in [-0.1, -0.05) is 25.1 Å². The predicted octanol–water partition coefficient (Wildman–Crippen LogP) is 4.17. The van der Waals surface area contributed by atoms with Gasteiger partial charge >= 0.3 is 6.18 Å². The molecule has 1 heterocycles. The van der Waals surface area contributed by atoms with Crippen molar-refractivity contribution in [2.45, 2.75) is 38.5 Å². The van der Waals surface area contributed by atoms with E-state index >= 15 is 0 Å². The number of ether oxygens (including phenoxy) is 1. The van der Waals surface area contributed by atoms with Crippen molar-refractivity contribution in [2.75, 3.05) is 19.7 Å². The normalized spacial score (nSPS) is 23.2. The van der Waals surface area contributed by atoms with Gasteiger partial charge in [-0.05, 0) is 37.4 Å². The first-order valence-corrected chi connectivity index (χ1v) is 7.52. The molecule has 0 amide bonds. The standard InChI is InChI=1S/C16H22F3NO/c1-2-9-20-11-12-6-5-10-21-15(12)13-7-3-4-8-14(13)16(17,18)19/h3-4,7-8,12,15,20H,2,5-6,9-11H2,1H3. The molecule has 1 aromatic carbocycles. The lowest BCUT2D eigenvalue weighted by Gasteiger charge is -2.33. The Hall–Kier alpha value is -1.07. The molecular weight excluding hydrogens is 279 g/mol. The number of benzene rings is 1. The minimum absolute atomic E-state index is 0.0915. The summed E-state index contributed by atoms with van der Waals surface area (Å²) in [7, 11) is 0. The monoisotopic (exact) mass is 301 g/mol. The quantitative estimate of drug-likeness (QED) is 0.824. The fraction of sp³-hybridized carbons (Fsp3) is 0.625. The highest BCUT2D eigenvalue weighted by molar-refractivity contribution is 5.32. The molecule has 1 fully saturated rings. The van der Waals surface area contributed by atoms with Crippen molar-refractivity contribution in [2.24, 2.45) is 5.92 Å². The van der Waals surface area contributed by atoms with Crippen LogP contribution in [0.4, 0.5) is 13.2 Å². The molecule has 2 unspecified atom stereocenters. The van der Waals surface area contributed by atoms with Gasteiger partial charge in [-0.25, -0.2) is 0 Å². The highest BCUT2D eigenvalue weighted by atomic mass is 19.4. The zero-order valence-electron chi connectivity index (χ0n) is 12.2. The molecule has 1 aliphatic rings. The summed E-state index contributed by atoms with van der Waals surface area (Å²) in [6.07, 6.45) is -1.99. The first-order valence-electron chi connectivity index (χ1n) is 7.52. The molecule has 0 bridgehead atoms. The van der Waals surface area contributed by atoms with E-state index in [1.54, 1.807) is 12.1 Å². The van der Waals surface area contributed by atoms with Crippen molar-refractivity contribution in [3.8, 4) is 0 Å². The third-order valence-corrected chi connectivity index (χ3v) is 3.85. The van der Waals surface area contributed by atoms with E-state index in [1.165, 1.54) is 6.07 Å². The Labute approximate surface area is 123 Å². The molecule has 0 aromatic heterocycles. The molecule has 1 saturated heterocycles. The first kappa shape index (κ1) is 16.3. The second-order valence-corrected chi connectivity index (χ2v) is 5.48. The van der Waals surface area contributed by atoms with Crippen molar-refractivity contribution >= 4 is 0 Å². The van der Waals surface area contributed by atoms with E-state index in [1.807, 2.05) is 0 Å². The zero-order chi connectivity index (χ0) is 15.3. The molecule has 1 aromatic rings. The average Bonchev–Trinajstić information content (AvgIpc) is 2.47. The van der Waals surface area contributed by atoms with Crippen LogP contribution < -0.4 is 5.32 Å². The van der Waals surface area contributed by atoms with E-state index in [4.69, 9.17) is 4.74 Å². The van der Waals surface area contributed by atoms with Crippen LogP contribution in [0.15, 0.2) is 24.3 Å². The molecule has 21 heavy (non-hydrogen) atoms. The number of hydrogen-bond donors (Lipinski definition) is 1. The minimum atomic E-state index is -4.33. The smallest absolute Gasteiger partial charge is 0.373 e. The molecule has 0 radical (unpaired) electrons. The summed E-state index contributed by atoms with van der Waals surface area (Å²) in [4.78, 5) is 0. The van der Waals surface area contributed by atoms with E-state index in [2.05, 4.69) is 12.2 Å². The molecule has 0 spiro atoms. The number of alkyl halides is 3. The highest BCUT2D eigenvalue weighted by Crippen LogP contribution is 2.40. The molecule has 2 nitrogen and oxygen atoms in total. The van der Waals surface area contributed by atoms with Crippen molar-refractivity contribution in [3.63, 3.8) is 0 Å². The van der Waals surface area contributed by atoms with Crippen LogP contribution in [0.1, 0.15) is 43.4 Å². The van der Waals surface area contributed by atoms with Gasteiger partial charge in [0.15, 0.2) is 0 Å². The van der Waals surface area contributed by atoms with Crippen LogP contribution >= 0.6 is 0 Å². The largest absolute Gasteiger partial charge is 0.416 e. The molecule has 2 atom stereocenters. The summed E-state index contributed by atoms with van der Waals surface area (Å²) in [6.45, 7) is 4.18. The van der Waals surface area contributed by atoms with Crippen molar-refractivity contribution < 1.29 is 17.9 Å². The Morgan fingerprint density at radius 2 is 2.05 bits per heavy atom. The Morgan fingerprint density at radius 1 is 1.29 bits per heavy atom. The number of hydrogen-bond acceptors (Lipinski definition) is 2. The number of halogens is 3. The van der Waals surface area contributed by atoms with Gasteiger partial charge < -0.3 is 10.1 Å². The fourth-order valence-corrected chi connectivity index (χ4v) is 2.86. The van der Waals surface area contributed by atoms with Gasteiger partial charge in [0.1, 0.15) is 0 Å². The summed E-state index contributed by atoms with van der Waals surface area (Å²) < 4.78 is 45.2. The van der Waals surface area contributed by atoms with E-state index in [-0.39, 0.29) is 11.5 Å². The number of rotatable bonds is 5. The van der Waals surface area contributed by atoms with Crippen LogP contribution in [0.25, 0.3) is 0 Å². The minimum Gasteiger partial charge on any atom is -0.373 e. The lowest BCUT2D eigenvalue weighted by Crippen LogP contribution is -2.33. The molecule has 0 aliphatic carbocycles. The maximum absolute atomic E-state index is 13.2. The zero-order valence-corrected chi connectivity index (χ0v) is 12.2. The lowest BCUT2D eigenvalue weighted by molar-refractivity contribution is -0.140. The van der Waals surface area contributed by atoms with Gasteiger partial charge in [0, 0.05) is 19.1 Å². The Bertz CT molecular complexity index is 447. The highest BCUT2D eigenvalue weighted by Gasteiger charge is 2.38. The van der Waals surface area contributed by atoms with E-state index < -0.39 is 17.8 Å². The maximum Gasteiger partial charge on any atom is 0.416 e. The molecule has 5 heteroatoms. The van der Waals surface area contributed by atoms with Crippen LogP contribution in [0.5, 0.6) is 0 Å². The molecule has 2 rings (SSSR count). The third kappa shape index (κ3) is 4.20. The van der Waals surface area contributed by atoms with Crippen LogP contribution in [0, 0.1) is 5.92 Å². The molecule has 1 N–H and O–H groups in total. The van der Waals surface area contributed by atoms with E-state index in [0.29, 0.717) is 13.2 Å².